The lowest BCUT2D eigenvalue weighted by Crippen LogP contribution is -2.48. The van der Waals surface area contributed by atoms with Gasteiger partial charge >= 0.3 is 6.09 Å². The smallest absolute Gasteiger partial charge is 0.407 e. The van der Waals surface area contributed by atoms with E-state index in [-0.39, 0.29) is 24.2 Å². The summed E-state index contributed by atoms with van der Waals surface area (Å²) < 4.78 is 44.6. The van der Waals surface area contributed by atoms with Gasteiger partial charge in [-0.05, 0) is 43.6 Å². The Balaban J connectivity index is 1.63. The van der Waals surface area contributed by atoms with Crippen molar-refractivity contribution in [3.8, 4) is 17.1 Å². The molecule has 2 atom stereocenters. The minimum Gasteiger partial charge on any atom is -0.466 e. The summed E-state index contributed by atoms with van der Waals surface area (Å²) in [5.74, 6) is 2.55. The molecular weight excluding hydrogens is 614 g/mol. The molecule has 2 saturated heterocycles. The molecule has 1 aromatic carbocycles. The van der Waals surface area contributed by atoms with Crippen LogP contribution in [0.5, 0.6) is 5.75 Å². The maximum absolute atomic E-state index is 13.0. The van der Waals surface area contributed by atoms with Crippen molar-refractivity contribution in [3.05, 3.63) is 29.8 Å². The van der Waals surface area contributed by atoms with Gasteiger partial charge in [-0.25, -0.2) is 23.5 Å². The standard InChI is InChI=1S/C32H50F2N6O5Si/c1-22-28(35-24-12-18-43-21-24)36-29(37-30(22)40-16-14-39(15-17-40)20-26(33)34)23-9-8-10-25(19-23)44-27(11-13-38(5)31(41)42)45-46(6,7)32(2,3)4/h8-10,19,24,26-27H,11-18,20-21H2,1-7H3,(H,41,42)(H,35,36,37)/t24-,27?/m1/s1. The number of anilines is 2. The van der Waals surface area contributed by atoms with E-state index in [0.717, 1.165) is 23.4 Å². The number of carbonyl (C=O) groups is 1. The van der Waals surface area contributed by atoms with Crippen molar-refractivity contribution in [2.45, 2.75) is 77.4 Å². The van der Waals surface area contributed by atoms with E-state index in [1.54, 1.807) is 4.90 Å². The number of piperazine rings is 1. The first kappa shape index (κ1) is 35.8. The molecule has 4 rings (SSSR count). The van der Waals surface area contributed by atoms with E-state index in [4.69, 9.17) is 23.9 Å². The summed E-state index contributed by atoms with van der Waals surface area (Å²) in [5.41, 5.74) is 1.64. The number of ether oxygens (including phenoxy) is 2. The van der Waals surface area contributed by atoms with Crippen LogP contribution >= 0.6 is 0 Å². The zero-order chi connectivity index (χ0) is 33.6. The van der Waals surface area contributed by atoms with Crippen LogP contribution in [-0.2, 0) is 9.16 Å². The Hall–Kier alpha value is -3.07. The molecule has 0 bridgehead atoms. The van der Waals surface area contributed by atoms with Crippen LogP contribution in [0.4, 0.5) is 25.2 Å². The van der Waals surface area contributed by atoms with E-state index in [0.29, 0.717) is 63.2 Å². The van der Waals surface area contributed by atoms with Gasteiger partial charge < -0.3 is 34.1 Å². The SMILES string of the molecule is Cc1c(N[C@@H]2CCOC2)nc(-c2cccc(OC(CCN(C)C(=O)O)O[Si](C)(C)C(C)(C)C)c2)nc1N1CCN(CC(F)F)CC1. The van der Waals surface area contributed by atoms with Crippen LogP contribution in [0, 0.1) is 6.92 Å². The monoisotopic (exact) mass is 664 g/mol. The number of amides is 1. The first-order chi connectivity index (χ1) is 21.6. The van der Waals surface area contributed by atoms with Crippen molar-refractivity contribution in [3.63, 3.8) is 0 Å². The van der Waals surface area contributed by atoms with Crippen LogP contribution in [0.15, 0.2) is 24.3 Å². The number of carboxylic acid groups (broad SMARTS) is 1. The second kappa shape index (κ2) is 15.2. The Morgan fingerprint density at radius 2 is 1.93 bits per heavy atom. The number of halogens is 2. The third-order valence-electron chi connectivity index (χ3n) is 9.08. The van der Waals surface area contributed by atoms with Crippen LogP contribution in [0.1, 0.15) is 39.2 Å². The van der Waals surface area contributed by atoms with Crippen LogP contribution < -0.4 is 15.0 Å². The molecule has 2 aromatic rings. The molecular formula is C32H50F2N6O5Si. The summed E-state index contributed by atoms with van der Waals surface area (Å²) in [4.78, 5) is 26.6. The second-order valence-corrected chi connectivity index (χ2v) is 18.4. The second-order valence-electron chi connectivity index (χ2n) is 13.7. The molecule has 1 amide bonds. The number of aromatic nitrogens is 2. The molecule has 0 radical (unpaired) electrons. The lowest BCUT2D eigenvalue weighted by molar-refractivity contribution is -0.0158. The molecule has 2 N–H and O–H groups in total. The van der Waals surface area contributed by atoms with E-state index < -0.39 is 27.1 Å². The number of hydrogen-bond donors (Lipinski definition) is 2. The molecule has 3 heterocycles. The van der Waals surface area contributed by atoms with E-state index in [2.05, 4.69) is 44.1 Å². The first-order valence-corrected chi connectivity index (χ1v) is 18.9. The van der Waals surface area contributed by atoms with Crippen molar-refractivity contribution in [1.82, 2.24) is 19.8 Å². The van der Waals surface area contributed by atoms with Gasteiger partial charge in [-0.15, -0.1) is 0 Å². The van der Waals surface area contributed by atoms with Crippen molar-refractivity contribution < 1.29 is 32.6 Å². The minimum atomic E-state index is -2.36. The van der Waals surface area contributed by atoms with Crippen LogP contribution in [0.3, 0.4) is 0 Å². The van der Waals surface area contributed by atoms with Gasteiger partial charge in [-0.1, -0.05) is 32.9 Å². The fourth-order valence-electron chi connectivity index (χ4n) is 5.16. The molecule has 0 saturated carbocycles. The van der Waals surface area contributed by atoms with Gasteiger partial charge in [0, 0.05) is 63.9 Å². The fourth-order valence-corrected chi connectivity index (χ4v) is 6.34. The van der Waals surface area contributed by atoms with Gasteiger partial charge in [0.1, 0.15) is 17.4 Å². The quantitative estimate of drug-likeness (QED) is 0.202. The molecule has 1 unspecified atom stereocenters. The highest BCUT2D eigenvalue weighted by atomic mass is 28.4. The van der Waals surface area contributed by atoms with Crippen LogP contribution in [0.2, 0.25) is 18.1 Å². The molecule has 0 aliphatic carbocycles. The summed E-state index contributed by atoms with van der Waals surface area (Å²) >= 11 is 0. The summed E-state index contributed by atoms with van der Waals surface area (Å²) in [6, 6.07) is 7.65. The molecule has 2 aliphatic heterocycles. The van der Waals surface area contributed by atoms with E-state index in [1.807, 2.05) is 31.2 Å². The summed E-state index contributed by atoms with van der Waals surface area (Å²) in [6.45, 7) is 16.2. The van der Waals surface area contributed by atoms with Crippen LogP contribution in [-0.4, -0.2) is 118 Å². The first-order valence-electron chi connectivity index (χ1n) is 16.0. The Labute approximate surface area is 272 Å². The predicted molar refractivity (Wildman–Crippen MR) is 178 cm³/mol. The average Bonchev–Trinajstić information content (AvgIpc) is 3.49. The number of benzene rings is 1. The van der Waals surface area contributed by atoms with E-state index in [9.17, 15) is 18.7 Å². The van der Waals surface area contributed by atoms with Gasteiger partial charge in [0.2, 0.25) is 0 Å². The van der Waals surface area contributed by atoms with Gasteiger partial charge in [0.15, 0.2) is 20.4 Å². The van der Waals surface area contributed by atoms with Crippen LogP contribution in [0.25, 0.3) is 11.4 Å². The maximum atomic E-state index is 13.0. The molecule has 256 valence electrons. The molecule has 1 aromatic heterocycles. The molecule has 2 aliphatic rings. The summed E-state index contributed by atoms with van der Waals surface area (Å²) in [6.07, 6.45) is -2.79. The zero-order valence-corrected chi connectivity index (χ0v) is 29.2. The highest BCUT2D eigenvalue weighted by Gasteiger charge is 2.40. The summed E-state index contributed by atoms with van der Waals surface area (Å²) in [7, 11) is -0.728. The van der Waals surface area contributed by atoms with Gasteiger partial charge in [-0.3, -0.25) is 4.90 Å². The van der Waals surface area contributed by atoms with E-state index in [1.165, 1.54) is 11.9 Å². The third kappa shape index (κ3) is 9.49. The highest BCUT2D eigenvalue weighted by molar-refractivity contribution is 6.74. The Kier molecular flexibility index (Phi) is 11.8. The number of nitrogens with one attached hydrogen (secondary N) is 1. The third-order valence-corrected chi connectivity index (χ3v) is 13.5. The topological polar surface area (TPSA) is 113 Å². The number of rotatable bonds is 13. The molecule has 11 nitrogen and oxygen atoms in total. The molecule has 46 heavy (non-hydrogen) atoms. The Bertz CT molecular complexity index is 1320. The lowest BCUT2D eigenvalue weighted by atomic mass is 10.1. The lowest BCUT2D eigenvalue weighted by Gasteiger charge is -2.39. The largest absolute Gasteiger partial charge is 0.466 e. The van der Waals surface area contributed by atoms with Crippen molar-refractivity contribution >= 4 is 26.0 Å². The van der Waals surface area contributed by atoms with E-state index >= 15 is 0 Å². The normalized spacial score (nSPS) is 18.6. The van der Waals surface area contributed by atoms with Gasteiger partial charge in [0.05, 0.1) is 19.2 Å². The van der Waals surface area contributed by atoms with Gasteiger partial charge in [0.25, 0.3) is 6.43 Å². The predicted octanol–water partition coefficient (Wildman–Crippen LogP) is 5.77. The minimum absolute atomic E-state index is 0.0695. The molecule has 0 spiro atoms. The average molecular weight is 665 g/mol. The Morgan fingerprint density at radius 3 is 2.54 bits per heavy atom. The number of hydrogen-bond acceptors (Lipinski definition) is 9. The molecule has 14 heteroatoms. The van der Waals surface area contributed by atoms with Gasteiger partial charge in [-0.2, -0.15) is 0 Å². The fraction of sp³-hybridized carbons (Fsp3) is 0.656. The maximum Gasteiger partial charge on any atom is 0.407 e. The van der Waals surface area contributed by atoms with Crippen molar-refractivity contribution in [2.24, 2.45) is 0 Å². The molecule has 2 fully saturated rings. The highest BCUT2D eigenvalue weighted by Crippen LogP contribution is 2.38. The summed E-state index contributed by atoms with van der Waals surface area (Å²) in [5, 5.41) is 12.9. The van der Waals surface area contributed by atoms with Crippen molar-refractivity contribution in [1.29, 1.82) is 0 Å². The number of nitrogens with zero attached hydrogens (tertiary/aromatic N) is 5. The zero-order valence-electron chi connectivity index (χ0n) is 28.2. The number of alkyl halides is 2. The van der Waals surface area contributed by atoms with Crippen molar-refractivity contribution in [2.75, 3.05) is 69.7 Å². The Morgan fingerprint density at radius 1 is 1.22 bits per heavy atom.